The van der Waals surface area contributed by atoms with Gasteiger partial charge in [-0.3, -0.25) is 4.90 Å². The molecule has 1 aliphatic rings. The van der Waals surface area contributed by atoms with Crippen molar-refractivity contribution in [1.82, 2.24) is 10.2 Å². The molecule has 0 aromatic heterocycles. The predicted octanol–water partition coefficient (Wildman–Crippen LogP) is -0.816. The van der Waals surface area contributed by atoms with Gasteiger partial charge in [-0.1, -0.05) is 13.8 Å². The number of rotatable bonds is 3. The van der Waals surface area contributed by atoms with Gasteiger partial charge in [-0.15, -0.1) is 0 Å². The highest BCUT2D eigenvalue weighted by Crippen LogP contribution is 2.12. The average Bonchev–Trinajstić information content (AvgIpc) is 2.33. The van der Waals surface area contributed by atoms with E-state index in [-0.39, 0.29) is 0 Å². The zero-order chi connectivity index (χ0) is 9.14. The van der Waals surface area contributed by atoms with Crippen LogP contribution in [0.15, 0.2) is 0 Å². The van der Waals surface area contributed by atoms with Crippen LogP contribution in [0.3, 0.4) is 0 Å². The van der Waals surface area contributed by atoms with E-state index < -0.39 is 6.29 Å². The van der Waals surface area contributed by atoms with Gasteiger partial charge in [0, 0.05) is 13.1 Å². The first-order valence-corrected chi connectivity index (χ1v) is 4.45. The van der Waals surface area contributed by atoms with E-state index >= 15 is 0 Å². The van der Waals surface area contributed by atoms with Crippen LogP contribution in [0.4, 0.5) is 0 Å². The molecule has 1 fully saturated rings. The summed E-state index contributed by atoms with van der Waals surface area (Å²) in [7, 11) is 0. The van der Waals surface area contributed by atoms with Crippen molar-refractivity contribution >= 4 is 0 Å². The molecule has 4 heteroatoms. The Labute approximate surface area is 73.2 Å². The molecule has 1 aliphatic heterocycles. The normalized spacial score (nSPS) is 26.0. The topological polar surface area (TPSA) is 55.7 Å². The molecule has 0 aromatic rings. The number of nitrogens with one attached hydrogen (secondary N) is 1. The van der Waals surface area contributed by atoms with Crippen molar-refractivity contribution in [3.8, 4) is 0 Å². The van der Waals surface area contributed by atoms with Gasteiger partial charge < -0.3 is 15.5 Å². The highest BCUT2D eigenvalue weighted by atomic mass is 16.5. The molecule has 12 heavy (non-hydrogen) atoms. The molecule has 0 spiro atoms. The summed E-state index contributed by atoms with van der Waals surface area (Å²) in [6.45, 7) is 6.44. The summed E-state index contributed by atoms with van der Waals surface area (Å²) < 4.78 is 0. The van der Waals surface area contributed by atoms with Gasteiger partial charge in [0.15, 0.2) is 6.29 Å². The molecule has 1 rings (SSSR count). The molecular weight excluding hydrogens is 156 g/mol. The molecule has 1 saturated heterocycles. The van der Waals surface area contributed by atoms with Gasteiger partial charge in [-0.05, 0) is 5.92 Å². The van der Waals surface area contributed by atoms with Crippen molar-refractivity contribution in [3.05, 3.63) is 0 Å². The van der Waals surface area contributed by atoms with Crippen molar-refractivity contribution in [3.63, 3.8) is 0 Å². The van der Waals surface area contributed by atoms with Crippen LogP contribution >= 0.6 is 0 Å². The second-order valence-corrected chi connectivity index (χ2v) is 3.62. The Hall–Kier alpha value is -0.160. The van der Waals surface area contributed by atoms with Crippen LogP contribution in [0.1, 0.15) is 13.8 Å². The van der Waals surface area contributed by atoms with E-state index in [9.17, 15) is 0 Å². The summed E-state index contributed by atoms with van der Waals surface area (Å²) in [5.41, 5.74) is 0. The van der Waals surface area contributed by atoms with E-state index in [1.165, 1.54) is 0 Å². The van der Waals surface area contributed by atoms with Gasteiger partial charge in [0.1, 0.15) is 0 Å². The quantitative estimate of drug-likeness (QED) is 0.490. The lowest BCUT2D eigenvalue weighted by Gasteiger charge is -2.27. The van der Waals surface area contributed by atoms with Gasteiger partial charge >= 0.3 is 0 Å². The summed E-state index contributed by atoms with van der Waals surface area (Å²) >= 11 is 0. The molecule has 0 radical (unpaired) electrons. The lowest BCUT2D eigenvalue weighted by molar-refractivity contribution is -0.0664. The predicted molar refractivity (Wildman–Crippen MR) is 46.4 cm³/mol. The highest BCUT2D eigenvalue weighted by Gasteiger charge is 2.27. The molecule has 0 aromatic carbocycles. The second-order valence-electron chi connectivity index (χ2n) is 3.62. The first kappa shape index (κ1) is 9.92. The van der Waals surface area contributed by atoms with Gasteiger partial charge in [-0.2, -0.15) is 0 Å². The molecule has 4 nitrogen and oxygen atoms in total. The third-order valence-corrected chi connectivity index (χ3v) is 2.18. The SMILES string of the molecule is CC(C)C1NCCN1CC(O)O. The van der Waals surface area contributed by atoms with Gasteiger partial charge in [-0.25, -0.2) is 0 Å². The second kappa shape index (κ2) is 4.18. The fourth-order valence-electron chi connectivity index (χ4n) is 1.70. The largest absolute Gasteiger partial charge is 0.367 e. The fraction of sp³-hybridized carbons (Fsp3) is 1.00. The number of nitrogens with zero attached hydrogens (tertiary/aromatic N) is 1. The third-order valence-electron chi connectivity index (χ3n) is 2.18. The minimum Gasteiger partial charge on any atom is -0.367 e. The van der Waals surface area contributed by atoms with Crippen LogP contribution in [0.2, 0.25) is 0 Å². The van der Waals surface area contributed by atoms with Gasteiger partial charge in [0.05, 0.1) is 12.7 Å². The standard InChI is InChI=1S/C8H18N2O2/c1-6(2)8-9-3-4-10(8)5-7(11)12/h6-9,11-12H,3-5H2,1-2H3. The first-order chi connectivity index (χ1) is 5.61. The van der Waals surface area contributed by atoms with E-state index in [2.05, 4.69) is 24.1 Å². The monoisotopic (exact) mass is 174 g/mol. The van der Waals surface area contributed by atoms with E-state index in [0.717, 1.165) is 13.1 Å². The number of hydrogen-bond donors (Lipinski definition) is 3. The Balaban J connectivity index is 2.41. The lowest BCUT2D eigenvalue weighted by Crippen LogP contribution is -2.43. The molecule has 3 N–H and O–H groups in total. The number of hydrogen-bond acceptors (Lipinski definition) is 4. The van der Waals surface area contributed by atoms with Crippen molar-refractivity contribution in [2.45, 2.75) is 26.3 Å². The Kier molecular flexibility index (Phi) is 3.46. The minimum atomic E-state index is -1.22. The van der Waals surface area contributed by atoms with Gasteiger partial charge in [0.2, 0.25) is 0 Å². The minimum absolute atomic E-state index is 0.298. The van der Waals surface area contributed by atoms with Crippen molar-refractivity contribution in [2.24, 2.45) is 5.92 Å². The Morgan fingerprint density at radius 2 is 2.17 bits per heavy atom. The molecule has 0 bridgehead atoms. The average molecular weight is 174 g/mol. The van der Waals surface area contributed by atoms with Crippen LogP contribution in [0.25, 0.3) is 0 Å². The summed E-state index contributed by atoms with van der Waals surface area (Å²) in [4.78, 5) is 2.06. The molecular formula is C8H18N2O2. The maximum absolute atomic E-state index is 8.80. The summed E-state index contributed by atoms with van der Waals surface area (Å²) in [5.74, 6) is 0.506. The van der Waals surface area contributed by atoms with Crippen molar-refractivity contribution in [2.75, 3.05) is 19.6 Å². The van der Waals surface area contributed by atoms with Crippen LogP contribution in [-0.2, 0) is 0 Å². The highest BCUT2D eigenvalue weighted by molar-refractivity contribution is 4.80. The summed E-state index contributed by atoms with van der Waals surface area (Å²) in [5, 5.41) is 20.9. The third kappa shape index (κ3) is 2.42. The molecule has 72 valence electrons. The van der Waals surface area contributed by atoms with Crippen LogP contribution in [0, 0.1) is 5.92 Å². The van der Waals surface area contributed by atoms with Crippen molar-refractivity contribution in [1.29, 1.82) is 0 Å². The number of β-amino-alcohol motifs (C(OH)–C–C–N with tert-alkyl or cyclic N) is 2. The van der Waals surface area contributed by atoms with E-state index in [1.54, 1.807) is 0 Å². The van der Waals surface area contributed by atoms with E-state index in [1.807, 2.05) is 0 Å². The summed E-state index contributed by atoms with van der Waals surface area (Å²) in [6.07, 6.45) is -0.919. The van der Waals surface area contributed by atoms with Crippen LogP contribution in [0.5, 0.6) is 0 Å². The number of aliphatic hydroxyl groups excluding tert-OH is 1. The van der Waals surface area contributed by atoms with Gasteiger partial charge in [0.25, 0.3) is 0 Å². The van der Waals surface area contributed by atoms with E-state index in [4.69, 9.17) is 10.2 Å². The Morgan fingerprint density at radius 1 is 1.50 bits per heavy atom. The van der Waals surface area contributed by atoms with Crippen molar-refractivity contribution < 1.29 is 10.2 Å². The smallest absolute Gasteiger partial charge is 0.164 e. The molecule has 0 aliphatic carbocycles. The molecule has 0 amide bonds. The fourth-order valence-corrected chi connectivity index (χ4v) is 1.70. The molecule has 0 saturated carbocycles. The lowest BCUT2D eigenvalue weighted by atomic mass is 10.1. The number of aliphatic hydroxyl groups is 2. The van der Waals surface area contributed by atoms with Crippen LogP contribution < -0.4 is 5.32 Å². The first-order valence-electron chi connectivity index (χ1n) is 4.45. The maximum Gasteiger partial charge on any atom is 0.164 e. The molecule has 1 unspecified atom stereocenters. The molecule has 1 atom stereocenters. The Bertz CT molecular complexity index is 139. The Morgan fingerprint density at radius 3 is 2.67 bits per heavy atom. The zero-order valence-electron chi connectivity index (χ0n) is 7.70. The van der Waals surface area contributed by atoms with E-state index in [0.29, 0.717) is 18.6 Å². The molecule has 1 heterocycles. The van der Waals surface area contributed by atoms with Crippen LogP contribution in [-0.4, -0.2) is 47.2 Å². The summed E-state index contributed by atoms with van der Waals surface area (Å²) in [6, 6.07) is 0. The zero-order valence-corrected chi connectivity index (χ0v) is 7.70. The maximum atomic E-state index is 8.80.